The number of ether oxygens (including phenoxy) is 1. The van der Waals surface area contributed by atoms with E-state index in [1.807, 2.05) is 0 Å². The lowest BCUT2D eigenvalue weighted by atomic mass is 10.0. The SMILES string of the molecule is CCC(C)C(NS(=O)(=O)NCCOC)C(=O)O. The van der Waals surface area contributed by atoms with Crippen LogP contribution in [0, 0.1) is 5.92 Å². The van der Waals surface area contributed by atoms with Gasteiger partial charge < -0.3 is 9.84 Å². The molecule has 0 aliphatic carbocycles. The molecule has 2 atom stereocenters. The molecule has 0 aromatic carbocycles. The van der Waals surface area contributed by atoms with Gasteiger partial charge in [0.2, 0.25) is 0 Å². The third-order valence-electron chi connectivity index (χ3n) is 2.36. The van der Waals surface area contributed by atoms with Gasteiger partial charge in [-0.05, 0) is 5.92 Å². The smallest absolute Gasteiger partial charge is 0.322 e. The zero-order valence-corrected chi connectivity index (χ0v) is 11.1. The quantitative estimate of drug-likeness (QED) is 0.492. The highest BCUT2D eigenvalue weighted by Gasteiger charge is 2.27. The maximum Gasteiger partial charge on any atom is 0.322 e. The fourth-order valence-electron chi connectivity index (χ4n) is 1.13. The third kappa shape index (κ3) is 6.57. The Morgan fingerprint density at radius 2 is 2.06 bits per heavy atom. The number of hydrogen-bond donors (Lipinski definition) is 3. The second-order valence-electron chi connectivity index (χ2n) is 3.71. The van der Waals surface area contributed by atoms with E-state index in [-0.39, 0.29) is 19.1 Å². The molecule has 0 saturated carbocycles. The number of nitrogens with one attached hydrogen (secondary N) is 2. The zero-order valence-electron chi connectivity index (χ0n) is 10.3. The van der Waals surface area contributed by atoms with Crippen molar-refractivity contribution in [2.45, 2.75) is 26.3 Å². The lowest BCUT2D eigenvalue weighted by Crippen LogP contribution is -2.49. The highest BCUT2D eigenvalue weighted by Crippen LogP contribution is 2.08. The summed E-state index contributed by atoms with van der Waals surface area (Å²) in [5.41, 5.74) is 0. The number of aliphatic carboxylic acids is 1. The summed E-state index contributed by atoms with van der Waals surface area (Å²) >= 11 is 0. The van der Waals surface area contributed by atoms with Crippen molar-refractivity contribution in [2.24, 2.45) is 5.92 Å². The lowest BCUT2D eigenvalue weighted by molar-refractivity contribution is -0.140. The Balaban J connectivity index is 4.48. The van der Waals surface area contributed by atoms with E-state index in [0.29, 0.717) is 6.42 Å². The van der Waals surface area contributed by atoms with Crippen LogP contribution in [0.4, 0.5) is 0 Å². The first kappa shape index (κ1) is 16.3. The first-order valence-corrected chi connectivity index (χ1v) is 6.81. The largest absolute Gasteiger partial charge is 0.480 e. The van der Waals surface area contributed by atoms with Gasteiger partial charge in [0.25, 0.3) is 10.2 Å². The fourth-order valence-corrected chi connectivity index (χ4v) is 2.24. The number of methoxy groups -OCH3 is 1. The highest BCUT2D eigenvalue weighted by molar-refractivity contribution is 7.87. The Hall–Kier alpha value is -0.700. The van der Waals surface area contributed by atoms with Gasteiger partial charge in [-0.2, -0.15) is 17.9 Å². The highest BCUT2D eigenvalue weighted by atomic mass is 32.2. The molecule has 0 heterocycles. The Kier molecular flexibility index (Phi) is 7.28. The molecule has 0 bridgehead atoms. The Morgan fingerprint density at radius 3 is 2.47 bits per heavy atom. The predicted molar refractivity (Wildman–Crippen MR) is 62.8 cm³/mol. The normalized spacial score (nSPS) is 15.5. The van der Waals surface area contributed by atoms with Crippen LogP contribution in [0.15, 0.2) is 0 Å². The second-order valence-corrected chi connectivity index (χ2v) is 5.24. The molecule has 0 rings (SSSR count). The van der Waals surface area contributed by atoms with E-state index in [9.17, 15) is 13.2 Å². The second kappa shape index (κ2) is 7.59. The van der Waals surface area contributed by atoms with Crippen LogP contribution in [0.25, 0.3) is 0 Å². The van der Waals surface area contributed by atoms with E-state index >= 15 is 0 Å². The molecule has 7 nitrogen and oxygen atoms in total. The van der Waals surface area contributed by atoms with Gasteiger partial charge in [-0.15, -0.1) is 0 Å². The molecule has 0 radical (unpaired) electrons. The number of carboxylic acids is 1. The first-order valence-electron chi connectivity index (χ1n) is 5.32. The topological polar surface area (TPSA) is 105 Å². The molecule has 2 unspecified atom stereocenters. The Labute approximate surface area is 102 Å². The summed E-state index contributed by atoms with van der Waals surface area (Å²) in [5, 5.41) is 8.93. The van der Waals surface area contributed by atoms with Crippen molar-refractivity contribution in [3.05, 3.63) is 0 Å². The van der Waals surface area contributed by atoms with Gasteiger partial charge in [-0.3, -0.25) is 4.79 Å². The van der Waals surface area contributed by atoms with Gasteiger partial charge in [-0.1, -0.05) is 20.3 Å². The van der Waals surface area contributed by atoms with Crippen LogP contribution in [0.2, 0.25) is 0 Å². The van der Waals surface area contributed by atoms with Gasteiger partial charge in [0, 0.05) is 13.7 Å². The summed E-state index contributed by atoms with van der Waals surface area (Å²) < 4.78 is 32.0. The van der Waals surface area contributed by atoms with Crippen LogP contribution in [0.5, 0.6) is 0 Å². The van der Waals surface area contributed by atoms with Crippen molar-refractivity contribution in [2.75, 3.05) is 20.3 Å². The van der Waals surface area contributed by atoms with E-state index in [2.05, 4.69) is 14.2 Å². The van der Waals surface area contributed by atoms with Gasteiger partial charge in [0.15, 0.2) is 0 Å². The van der Waals surface area contributed by atoms with Crippen LogP contribution in [-0.2, 0) is 19.7 Å². The van der Waals surface area contributed by atoms with Crippen molar-refractivity contribution in [1.82, 2.24) is 9.44 Å². The lowest BCUT2D eigenvalue weighted by Gasteiger charge is -2.20. The van der Waals surface area contributed by atoms with Gasteiger partial charge in [-0.25, -0.2) is 0 Å². The summed E-state index contributed by atoms with van der Waals surface area (Å²) in [7, 11) is -2.37. The van der Waals surface area contributed by atoms with Gasteiger partial charge in [0.1, 0.15) is 6.04 Å². The summed E-state index contributed by atoms with van der Waals surface area (Å²) in [6, 6.07) is -1.12. The standard InChI is InChI=1S/C9H20N2O5S/c1-4-7(2)8(9(12)13)11-17(14,15)10-5-6-16-3/h7-8,10-11H,4-6H2,1-3H3,(H,12,13). The molecule has 0 aliphatic rings. The maximum absolute atomic E-state index is 11.5. The van der Waals surface area contributed by atoms with Crippen LogP contribution in [0.3, 0.4) is 0 Å². The minimum Gasteiger partial charge on any atom is -0.480 e. The van der Waals surface area contributed by atoms with Gasteiger partial charge in [0.05, 0.1) is 6.61 Å². The summed E-state index contributed by atoms with van der Waals surface area (Å²) in [5.74, 6) is -1.47. The van der Waals surface area contributed by atoms with Crippen molar-refractivity contribution in [3.63, 3.8) is 0 Å². The number of hydrogen-bond acceptors (Lipinski definition) is 4. The molecule has 8 heteroatoms. The molecule has 17 heavy (non-hydrogen) atoms. The van der Waals surface area contributed by atoms with Crippen molar-refractivity contribution >= 4 is 16.2 Å². The van der Waals surface area contributed by atoms with Crippen LogP contribution >= 0.6 is 0 Å². The maximum atomic E-state index is 11.5. The molecule has 0 aromatic heterocycles. The Bertz CT molecular complexity index is 330. The van der Waals surface area contributed by atoms with Crippen molar-refractivity contribution in [1.29, 1.82) is 0 Å². The van der Waals surface area contributed by atoms with Crippen molar-refractivity contribution < 1.29 is 23.1 Å². The number of carbonyl (C=O) groups is 1. The minimum absolute atomic E-state index is 0.0959. The molecular formula is C9H20N2O5S. The third-order valence-corrected chi connectivity index (χ3v) is 3.51. The van der Waals surface area contributed by atoms with E-state index in [4.69, 9.17) is 5.11 Å². The summed E-state index contributed by atoms with van der Waals surface area (Å²) in [4.78, 5) is 10.9. The van der Waals surface area contributed by atoms with Crippen LogP contribution in [-0.4, -0.2) is 45.8 Å². The number of carboxylic acid groups (broad SMARTS) is 1. The van der Waals surface area contributed by atoms with E-state index < -0.39 is 22.2 Å². The molecule has 0 amide bonds. The molecule has 0 aromatic rings. The molecule has 0 spiro atoms. The zero-order chi connectivity index (χ0) is 13.5. The molecule has 0 aliphatic heterocycles. The number of rotatable bonds is 9. The van der Waals surface area contributed by atoms with Crippen LogP contribution < -0.4 is 9.44 Å². The average molecular weight is 268 g/mol. The Morgan fingerprint density at radius 1 is 1.47 bits per heavy atom. The molecule has 102 valence electrons. The van der Waals surface area contributed by atoms with E-state index in [0.717, 1.165) is 0 Å². The minimum atomic E-state index is -3.81. The fraction of sp³-hybridized carbons (Fsp3) is 0.889. The van der Waals surface area contributed by atoms with Gasteiger partial charge >= 0.3 is 5.97 Å². The summed E-state index contributed by atoms with van der Waals surface area (Å²) in [6.45, 7) is 3.80. The predicted octanol–water partition coefficient (Wildman–Crippen LogP) is -0.444. The average Bonchev–Trinajstić information content (AvgIpc) is 2.25. The van der Waals surface area contributed by atoms with E-state index in [1.54, 1.807) is 13.8 Å². The summed E-state index contributed by atoms with van der Waals surface area (Å²) in [6.07, 6.45) is 0.567. The molecule has 0 saturated heterocycles. The van der Waals surface area contributed by atoms with E-state index in [1.165, 1.54) is 7.11 Å². The van der Waals surface area contributed by atoms with Crippen molar-refractivity contribution in [3.8, 4) is 0 Å². The molecule has 0 fully saturated rings. The molecule has 3 N–H and O–H groups in total. The molecular weight excluding hydrogens is 248 g/mol. The monoisotopic (exact) mass is 268 g/mol. The first-order chi connectivity index (χ1) is 7.84. The van der Waals surface area contributed by atoms with Crippen LogP contribution in [0.1, 0.15) is 20.3 Å².